The molecule has 244 valence electrons. The molecule has 46 heavy (non-hydrogen) atoms. The summed E-state index contributed by atoms with van der Waals surface area (Å²) in [6.07, 6.45) is 3.61. The maximum Gasteiger partial charge on any atom is 0.247 e. The van der Waals surface area contributed by atoms with E-state index < -0.39 is 23.1 Å². The van der Waals surface area contributed by atoms with Crippen molar-refractivity contribution in [1.82, 2.24) is 30.0 Å². The predicted octanol–water partition coefficient (Wildman–Crippen LogP) is 3.16. The Kier molecular flexibility index (Phi) is 11.3. The van der Waals surface area contributed by atoms with Crippen molar-refractivity contribution in [3.05, 3.63) is 108 Å². The number of carbonyl (C=O) groups is 1. The first kappa shape index (κ1) is 32.9. The van der Waals surface area contributed by atoms with Crippen LogP contribution in [0.15, 0.2) is 79.4 Å². The van der Waals surface area contributed by atoms with E-state index in [-0.39, 0.29) is 25.1 Å². The molecule has 0 radical (unpaired) electrons. The summed E-state index contributed by atoms with van der Waals surface area (Å²) >= 11 is 0. The molecule has 2 heterocycles. The summed E-state index contributed by atoms with van der Waals surface area (Å²) in [7, 11) is 0. The maximum absolute atomic E-state index is 14.8. The molecule has 0 bridgehead atoms. The molecule has 4 aromatic rings. The molecule has 1 aliphatic rings. The zero-order valence-corrected chi connectivity index (χ0v) is 25.4. The van der Waals surface area contributed by atoms with Crippen molar-refractivity contribution in [3.63, 3.8) is 0 Å². The minimum atomic E-state index is -1.62. The summed E-state index contributed by atoms with van der Waals surface area (Å²) < 4.78 is 41.4. The summed E-state index contributed by atoms with van der Waals surface area (Å²) in [5.41, 5.74) is 1.95. The molecule has 1 saturated heterocycles. The number of hydrogen-bond donors (Lipinski definition) is 3. The van der Waals surface area contributed by atoms with Gasteiger partial charge in [0.15, 0.2) is 0 Å². The second-order valence-corrected chi connectivity index (χ2v) is 11.4. The number of piperazine rings is 1. The molecule has 1 fully saturated rings. The van der Waals surface area contributed by atoms with Crippen molar-refractivity contribution in [1.29, 1.82) is 0 Å². The van der Waals surface area contributed by atoms with Gasteiger partial charge in [0, 0.05) is 57.3 Å². The Bertz CT molecular complexity index is 1530. The highest BCUT2D eigenvalue weighted by molar-refractivity contribution is 5.77. The Morgan fingerprint density at radius 3 is 2.09 bits per heavy atom. The van der Waals surface area contributed by atoms with Crippen LogP contribution in [0.5, 0.6) is 11.5 Å². The zero-order valence-electron chi connectivity index (χ0n) is 25.4. The van der Waals surface area contributed by atoms with Gasteiger partial charge in [0.2, 0.25) is 5.91 Å². The molecule has 11 nitrogen and oxygen atoms in total. The SMILES string of the molecule is O=C(Cc1ccc(OCCCOc2ccc(CN3CCN(CC(O)(Cn4cncn4)c4ccc(F)cc4F)CC3)cc2)cc1)NO. The Hall–Kier alpha value is -4.43. The van der Waals surface area contributed by atoms with Crippen LogP contribution in [0, 0.1) is 11.6 Å². The van der Waals surface area contributed by atoms with E-state index in [2.05, 4.69) is 19.9 Å². The van der Waals surface area contributed by atoms with Gasteiger partial charge in [-0.25, -0.2) is 23.9 Å². The van der Waals surface area contributed by atoms with E-state index >= 15 is 0 Å². The Labute approximate surface area is 265 Å². The predicted molar refractivity (Wildman–Crippen MR) is 164 cm³/mol. The highest BCUT2D eigenvalue weighted by Crippen LogP contribution is 2.28. The number of aliphatic hydroxyl groups is 1. The molecule has 5 rings (SSSR count). The molecule has 0 spiro atoms. The summed E-state index contributed by atoms with van der Waals surface area (Å²) in [5.74, 6) is -0.486. The monoisotopic (exact) mass is 636 g/mol. The van der Waals surface area contributed by atoms with Crippen LogP contribution in [0.4, 0.5) is 8.78 Å². The van der Waals surface area contributed by atoms with Crippen molar-refractivity contribution in [2.24, 2.45) is 0 Å². The Morgan fingerprint density at radius 2 is 1.50 bits per heavy atom. The van der Waals surface area contributed by atoms with Gasteiger partial charge in [-0.3, -0.25) is 19.8 Å². The van der Waals surface area contributed by atoms with Gasteiger partial charge in [0.25, 0.3) is 0 Å². The Balaban J connectivity index is 1.03. The number of benzene rings is 3. The number of nitrogens with one attached hydrogen (secondary N) is 1. The van der Waals surface area contributed by atoms with Gasteiger partial charge < -0.3 is 14.6 Å². The van der Waals surface area contributed by atoms with Crippen LogP contribution in [-0.2, 0) is 29.9 Å². The lowest BCUT2D eigenvalue weighted by Gasteiger charge is -2.39. The fourth-order valence-corrected chi connectivity index (χ4v) is 5.46. The average molecular weight is 637 g/mol. The van der Waals surface area contributed by atoms with Crippen molar-refractivity contribution in [2.45, 2.75) is 31.5 Å². The molecule has 1 aliphatic heterocycles. The number of halogens is 2. The summed E-state index contributed by atoms with van der Waals surface area (Å²) in [6, 6.07) is 18.4. The number of hydrogen-bond acceptors (Lipinski definition) is 9. The van der Waals surface area contributed by atoms with Crippen LogP contribution >= 0.6 is 0 Å². The number of carbonyl (C=O) groups excluding carboxylic acids is 1. The summed E-state index contributed by atoms with van der Waals surface area (Å²) in [4.78, 5) is 19.6. The second kappa shape index (κ2) is 15.7. The number of rotatable bonds is 15. The highest BCUT2D eigenvalue weighted by Gasteiger charge is 2.36. The molecular formula is C33H38F2N6O5. The number of ether oxygens (including phenoxy) is 2. The molecular weight excluding hydrogens is 598 g/mol. The van der Waals surface area contributed by atoms with Gasteiger partial charge in [0.1, 0.15) is 41.4 Å². The van der Waals surface area contributed by atoms with Crippen LogP contribution in [0.2, 0.25) is 0 Å². The fourth-order valence-electron chi connectivity index (χ4n) is 5.46. The normalized spacial score (nSPS) is 15.3. The van der Waals surface area contributed by atoms with Gasteiger partial charge >= 0.3 is 0 Å². The number of aromatic nitrogens is 3. The van der Waals surface area contributed by atoms with E-state index in [0.717, 1.165) is 48.6 Å². The standard InChI is InChI=1S/C33H38F2N6O5/c34-27-6-11-30(31(35)19-27)33(43,22-41-24-36-23-37-41)21-40-14-12-39(13-15-40)20-26-4-9-29(10-5-26)46-17-1-16-45-28-7-2-25(3-8-28)18-32(42)38-44/h2-11,19,23-24,43-44H,1,12-18,20-22H2,(H,38,42). The van der Waals surface area contributed by atoms with Crippen LogP contribution in [0.1, 0.15) is 23.1 Å². The average Bonchev–Trinajstić information content (AvgIpc) is 3.56. The number of nitrogens with zero attached hydrogens (tertiary/aromatic N) is 5. The number of β-amino-alcohol motifs (C(OH)–C–C–N with tert-alkyl or cyclic N) is 1. The lowest BCUT2D eigenvalue weighted by atomic mass is 9.92. The molecule has 3 N–H and O–H groups in total. The third-order valence-electron chi connectivity index (χ3n) is 7.84. The van der Waals surface area contributed by atoms with Crippen LogP contribution in [-0.4, -0.2) is 86.7 Å². The van der Waals surface area contributed by atoms with E-state index in [9.17, 15) is 18.7 Å². The van der Waals surface area contributed by atoms with Gasteiger partial charge in [-0.15, -0.1) is 0 Å². The molecule has 3 aromatic carbocycles. The van der Waals surface area contributed by atoms with Crippen molar-refractivity contribution in [2.75, 3.05) is 45.9 Å². The van der Waals surface area contributed by atoms with E-state index in [1.54, 1.807) is 29.7 Å². The smallest absolute Gasteiger partial charge is 0.247 e. The minimum absolute atomic E-state index is 0.0138. The third kappa shape index (κ3) is 9.30. The minimum Gasteiger partial charge on any atom is -0.493 e. The van der Waals surface area contributed by atoms with E-state index in [0.29, 0.717) is 38.5 Å². The molecule has 1 atom stereocenters. The summed E-state index contributed by atoms with van der Waals surface area (Å²) in [5, 5.41) is 24.3. The van der Waals surface area contributed by atoms with E-state index in [4.69, 9.17) is 14.7 Å². The lowest BCUT2D eigenvalue weighted by Crippen LogP contribution is -2.52. The molecule has 1 amide bonds. The topological polar surface area (TPSA) is 125 Å². The van der Waals surface area contributed by atoms with Gasteiger partial charge in [-0.2, -0.15) is 5.10 Å². The zero-order chi connectivity index (χ0) is 32.4. The van der Waals surface area contributed by atoms with Crippen LogP contribution in [0.25, 0.3) is 0 Å². The second-order valence-electron chi connectivity index (χ2n) is 11.4. The van der Waals surface area contributed by atoms with Gasteiger partial charge in [-0.1, -0.05) is 30.3 Å². The van der Waals surface area contributed by atoms with Crippen LogP contribution in [0.3, 0.4) is 0 Å². The molecule has 1 aromatic heterocycles. The quantitative estimate of drug-likeness (QED) is 0.103. The van der Waals surface area contributed by atoms with Crippen molar-refractivity contribution in [3.8, 4) is 11.5 Å². The van der Waals surface area contributed by atoms with E-state index in [1.165, 1.54) is 23.4 Å². The van der Waals surface area contributed by atoms with Gasteiger partial charge in [0.05, 0.1) is 26.2 Å². The fraction of sp³-hybridized carbons (Fsp3) is 0.364. The number of hydroxylamine groups is 1. The highest BCUT2D eigenvalue weighted by atomic mass is 19.1. The van der Waals surface area contributed by atoms with Crippen LogP contribution < -0.4 is 15.0 Å². The van der Waals surface area contributed by atoms with Gasteiger partial charge in [-0.05, 0) is 41.5 Å². The first-order valence-corrected chi connectivity index (χ1v) is 15.1. The first-order chi connectivity index (χ1) is 22.3. The molecule has 0 aliphatic carbocycles. The summed E-state index contributed by atoms with van der Waals surface area (Å²) in [6.45, 7) is 4.79. The molecule has 1 unspecified atom stereocenters. The third-order valence-corrected chi connectivity index (χ3v) is 7.84. The molecule has 0 saturated carbocycles. The van der Waals surface area contributed by atoms with Crippen molar-refractivity contribution < 1.29 is 33.4 Å². The number of amides is 1. The maximum atomic E-state index is 14.8. The molecule has 13 heteroatoms. The largest absolute Gasteiger partial charge is 0.493 e. The lowest BCUT2D eigenvalue weighted by molar-refractivity contribution is -0.128. The van der Waals surface area contributed by atoms with E-state index in [1.807, 2.05) is 24.3 Å². The van der Waals surface area contributed by atoms with Crippen molar-refractivity contribution >= 4 is 5.91 Å². The first-order valence-electron chi connectivity index (χ1n) is 15.1. The Morgan fingerprint density at radius 1 is 0.870 bits per heavy atom.